The predicted molar refractivity (Wildman–Crippen MR) is 118 cm³/mol. The first kappa shape index (κ1) is 22.0. The predicted octanol–water partition coefficient (Wildman–Crippen LogP) is 3.52. The molecule has 0 saturated heterocycles. The minimum Gasteiger partial charge on any atom is -0.466 e. The van der Waals surface area contributed by atoms with Crippen LogP contribution in [0.4, 0.5) is 0 Å². The molecule has 0 aliphatic rings. The standard InChI is InChI=1S/C20H24N4O3.HI/c1-3-21-19(23-14-20(2,25)17-10-7-11-26-17)22-12-16-13-27-18(24-16)15-8-5-4-6-9-15;/h4-11,13,25H,3,12,14H2,1-2H3,(H2,21,22,23);1H. The Bertz CT molecular complexity index is 861. The van der Waals surface area contributed by atoms with Crippen molar-refractivity contribution in [2.45, 2.75) is 26.0 Å². The summed E-state index contributed by atoms with van der Waals surface area (Å²) in [5.74, 6) is 1.64. The number of hydrogen-bond acceptors (Lipinski definition) is 5. The van der Waals surface area contributed by atoms with Crippen LogP contribution in [0.2, 0.25) is 0 Å². The van der Waals surface area contributed by atoms with E-state index in [1.165, 1.54) is 6.26 Å². The van der Waals surface area contributed by atoms with Crippen molar-refractivity contribution in [3.63, 3.8) is 0 Å². The minimum atomic E-state index is -1.14. The number of oxazole rings is 1. The highest BCUT2D eigenvalue weighted by atomic mass is 127. The summed E-state index contributed by atoms with van der Waals surface area (Å²) in [5.41, 5.74) is 0.504. The molecule has 0 fully saturated rings. The number of halogens is 1. The molecule has 2 heterocycles. The van der Waals surface area contributed by atoms with Crippen LogP contribution in [-0.4, -0.2) is 29.1 Å². The summed E-state index contributed by atoms with van der Waals surface area (Å²) in [6.45, 7) is 4.97. The van der Waals surface area contributed by atoms with Crippen molar-refractivity contribution in [1.82, 2.24) is 15.6 Å². The van der Waals surface area contributed by atoms with E-state index in [1.807, 2.05) is 37.3 Å². The fourth-order valence-corrected chi connectivity index (χ4v) is 2.52. The van der Waals surface area contributed by atoms with Gasteiger partial charge in [0.05, 0.1) is 19.4 Å². The van der Waals surface area contributed by atoms with Gasteiger partial charge in [0.1, 0.15) is 23.3 Å². The number of rotatable bonds is 7. The molecule has 3 aromatic rings. The number of hydrogen-bond donors (Lipinski definition) is 3. The van der Waals surface area contributed by atoms with Gasteiger partial charge in [-0.1, -0.05) is 18.2 Å². The van der Waals surface area contributed by atoms with Crippen LogP contribution in [0.25, 0.3) is 11.5 Å². The fraction of sp³-hybridized carbons (Fsp3) is 0.300. The van der Waals surface area contributed by atoms with Crippen molar-refractivity contribution >= 4 is 29.9 Å². The number of aromatic nitrogens is 1. The molecule has 2 aromatic heterocycles. The lowest BCUT2D eigenvalue weighted by Crippen LogP contribution is -2.44. The molecule has 1 aromatic carbocycles. The highest BCUT2D eigenvalue weighted by molar-refractivity contribution is 14.0. The fourth-order valence-electron chi connectivity index (χ4n) is 2.52. The Labute approximate surface area is 181 Å². The second-order valence-electron chi connectivity index (χ2n) is 6.31. The molecule has 0 saturated carbocycles. The second kappa shape index (κ2) is 10.3. The van der Waals surface area contributed by atoms with Gasteiger partial charge in [-0.15, -0.1) is 24.0 Å². The van der Waals surface area contributed by atoms with Crippen LogP contribution in [-0.2, 0) is 12.1 Å². The van der Waals surface area contributed by atoms with E-state index in [9.17, 15) is 5.11 Å². The zero-order valence-electron chi connectivity index (χ0n) is 15.9. The summed E-state index contributed by atoms with van der Waals surface area (Å²) in [6, 6.07) is 13.2. The number of aliphatic hydroxyl groups is 1. The van der Waals surface area contributed by atoms with Crippen molar-refractivity contribution in [1.29, 1.82) is 0 Å². The van der Waals surface area contributed by atoms with Gasteiger partial charge in [-0.05, 0) is 38.1 Å². The Morgan fingerprint density at radius 1 is 1.14 bits per heavy atom. The van der Waals surface area contributed by atoms with E-state index in [2.05, 4.69) is 20.6 Å². The molecular formula is C20H25IN4O3. The third kappa shape index (κ3) is 5.83. The summed E-state index contributed by atoms with van der Waals surface area (Å²) >= 11 is 0. The summed E-state index contributed by atoms with van der Waals surface area (Å²) < 4.78 is 10.8. The van der Waals surface area contributed by atoms with Crippen molar-refractivity contribution in [2.75, 3.05) is 13.1 Å². The average molecular weight is 496 g/mol. The number of benzene rings is 1. The molecule has 1 unspecified atom stereocenters. The highest BCUT2D eigenvalue weighted by Gasteiger charge is 2.26. The van der Waals surface area contributed by atoms with Gasteiger partial charge in [0.15, 0.2) is 5.96 Å². The quantitative estimate of drug-likeness (QED) is 0.263. The molecule has 0 amide bonds. The number of aliphatic imine (C=N–C) groups is 1. The highest BCUT2D eigenvalue weighted by Crippen LogP contribution is 2.20. The zero-order chi connectivity index (χ0) is 19.1. The lowest BCUT2D eigenvalue weighted by molar-refractivity contribution is 0.0386. The molecule has 0 aliphatic carbocycles. The Morgan fingerprint density at radius 2 is 1.93 bits per heavy atom. The lowest BCUT2D eigenvalue weighted by atomic mass is 10.0. The summed E-state index contributed by atoms with van der Waals surface area (Å²) in [4.78, 5) is 8.97. The van der Waals surface area contributed by atoms with Gasteiger partial charge in [-0.2, -0.15) is 0 Å². The molecule has 0 spiro atoms. The van der Waals surface area contributed by atoms with Gasteiger partial charge < -0.3 is 24.6 Å². The smallest absolute Gasteiger partial charge is 0.226 e. The van der Waals surface area contributed by atoms with E-state index < -0.39 is 5.60 Å². The molecular weight excluding hydrogens is 471 g/mol. The van der Waals surface area contributed by atoms with Gasteiger partial charge >= 0.3 is 0 Å². The summed E-state index contributed by atoms with van der Waals surface area (Å²) in [6.07, 6.45) is 3.15. The van der Waals surface area contributed by atoms with E-state index in [0.29, 0.717) is 30.7 Å². The van der Waals surface area contributed by atoms with Crippen molar-refractivity contribution in [2.24, 2.45) is 4.99 Å². The number of nitrogens with one attached hydrogen (secondary N) is 2. The van der Waals surface area contributed by atoms with Crippen LogP contribution in [0.5, 0.6) is 0 Å². The first-order chi connectivity index (χ1) is 13.1. The first-order valence-corrected chi connectivity index (χ1v) is 8.87. The van der Waals surface area contributed by atoms with Crippen LogP contribution < -0.4 is 10.6 Å². The van der Waals surface area contributed by atoms with E-state index in [4.69, 9.17) is 8.83 Å². The first-order valence-electron chi connectivity index (χ1n) is 8.87. The van der Waals surface area contributed by atoms with Gasteiger partial charge in [0, 0.05) is 12.1 Å². The van der Waals surface area contributed by atoms with Gasteiger partial charge in [0.2, 0.25) is 5.89 Å². The Balaban J connectivity index is 0.00000280. The van der Waals surface area contributed by atoms with E-state index >= 15 is 0 Å². The lowest BCUT2D eigenvalue weighted by Gasteiger charge is -2.22. The second-order valence-corrected chi connectivity index (χ2v) is 6.31. The van der Waals surface area contributed by atoms with Crippen LogP contribution >= 0.6 is 24.0 Å². The average Bonchev–Trinajstić information content (AvgIpc) is 3.37. The monoisotopic (exact) mass is 496 g/mol. The molecule has 8 heteroatoms. The van der Waals surface area contributed by atoms with Gasteiger partial charge in [-0.25, -0.2) is 9.98 Å². The van der Waals surface area contributed by atoms with E-state index in [-0.39, 0.29) is 30.5 Å². The van der Waals surface area contributed by atoms with Gasteiger partial charge in [0.25, 0.3) is 0 Å². The minimum absolute atomic E-state index is 0. The van der Waals surface area contributed by atoms with Crippen LogP contribution in [0, 0.1) is 0 Å². The van der Waals surface area contributed by atoms with E-state index in [0.717, 1.165) is 11.3 Å². The van der Waals surface area contributed by atoms with Crippen molar-refractivity contribution in [3.05, 3.63) is 66.4 Å². The maximum atomic E-state index is 10.5. The molecule has 7 nitrogen and oxygen atoms in total. The SMILES string of the molecule is CCNC(=NCc1coc(-c2ccccc2)n1)NCC(C)(O)c1ccco1.I. The molecule has 1 atom stereocenters. The Kier molecular flexibility index (Phi) is 8.06. The normalized spacial score (nSPS) is 13.5. The largest absolute Gasteiger partial charge is 0.466 e. The third-order valence-corrected chi connectivity index (χ3v) is 3.97. The zero-order valence-corrected chi connectivity index (χ0v) is 18.2. The molecule has 3 rings (SSSR count). The topological polar surface area (TPSA) is 95.8 Å². The molecule has 3 N–H and O–H groups in total. The van der Waals surface area contributed by atoms with Crippen LogP contribution in [0.15, 0.2) is 68.8 Å². The number of guanidine groups is 1. The maximum absolute atomic E-state index is 10.5. The Hall–Kier alpha value is -2.33. The number of furan rings is 1. The van der Waals surface area contributed by atoms with Crippen LogP contribution in [0.1, 0.15) is 25.3 Å². The van der Waals surface area contributed by atoms with Crippen molar-refractivity contribution < 1.29 is 13.9 Å². The molecule has 0 radical (unpaired) electrons. The molecule has 150 valence electrons. The van der Waals surface area contributed by atoms with E-state index in [1.54, 1.807) is 25.3 Å². The number of nitrogens with zero attached hydrogens (tertiary/aromatic N) is 2. The maximum Gasteiger partial charge on any atom is 0.226 e. The summed E-state index contributed by atoms with van der Waals surface area (Å²) in [5, 5.41) is 16.8. The van der Waals surface area contributed by atoms with Crippen LogP contribution in [0.3, 0.4) is 0 Å². The van der Waals surface area contributed by atoms with Gasteiger partial charge in [-0.3, -0.25) is 0 Å². The third-order valence-electron chi connectivity index (χ3n) is 3.97. The Morgan fingerprint density at radius 3 is 2.61 bits per heavy atom. The molecule has 0 aliphatic heterocycles. The molecule has 0 bridgehead atoms. The van der Waals surface area contributed by atoms with Crippen molar-refractivity contribution in [3.8, 4) is 11.5 Å². The summed E-state index contributed by atoms with van der Waals surface area (Å²) in [7, 11) is 0. The molecule has 28 heavy (non-hydrogen) atoms.